The molecule has 0 fully saturated rings. The Kier molecular flexibility index (Phi) is 7.15. The van der Waals surface area contributed by atoms with Gasteiger partial charge in [0.1, 0.15) is 22.2 Å². The summed E-state index contributed by atoms with van der Waals surface area (Å²) in [6.07, 6.45) is 0. The zero-order valence-electron chi connectivity index (χ0n) is 18.0. The van der Waals surface area contributed by atoms with Crippen LogP contribution >= 0.6 is 0 Å². The Morgan fingerprint density at radius 1 is 0.969 bits per heavy atom. The van der Waals surface area contributed by atoms with Crippen molar-refractivity contribution in [3.05, 3.63) is 89.7 Å². The van der Waals surface area contributed by atoms with Gasteiger partial charge in [-0.3, -0.25) is 4.79 Å². The first-order chi connectivity index (χ1) is 15.2. The highest BCUT2D eigenvalue weighted by Gasteiger charge is 2.22. The van der Waals surface area contributed by atoms with E-state index in [2.05, 4.69) is 0 Å². The second-order valence-electron chi connectivity index (χ2n) is 7.37. The quantitative estimate of drug-likeness (QED) is 0.460. The minimum atomic E-state index is -4.05. The summed E-state index contributed by atoms with van der Waals surface area (Å²) in [6.45, 7) is 3.81. The molecule has 0 aromatic heterocycles. The van der Waals surface area contributed by atoms with E-state index >= 15 is 0 Å². The van der Waals surface area contributed by atoms with Gasteiger partial charge in [-0.05, 0) is 67.9 Å². The summed E-state index contributed by atoms with van der Waals surface area (Å²) in [5.74, 6) is -0.402. The lowest BCUT2D eigenvalue weighted by molar-refractivity contribution is 0.0685. The molecule has 0 heterocycles. The van der Waals surface area contributed by atoms with E-state index in [0.717, 1.165) is 0 Å². The normalized spacial score (nSPS) is 11.3. The van der Waals surface area contributed by atoms with E-state index in [-0.39, 0.29) is 28.8 Å². The Labute approximate surface area is 187 Å². The predicted octanol–water partition coefficient (Wildman–Crippen LogP) is 4.65. The molecule has 0 saturated carbocycles. The maximum atomic E-state index is 14.1. The molecule has 1 amide bonds. The first-order valence-corrected chi connectivity index (χ1v) is 11.3. The molecule has 0 spiro atoms. The Morgan fingerprint density at radius 2 is 1.66 bits per heavy atom. The maximum Gasteiger partial charge on any atom is 0.339 e. The third kappa shape index (κ3) is 5.45. The molecule has 0 radical (unpaired) electrons. The van der Waals surface area contributed by atoms with Crippen molar-refractivity contribution >= 4 is 16.0 Å². The molecule has 168 valence electrons. The molecule has 3 rings (SSSR count). The number of ether oxygens (including phenoxy) is 1. The van der Waals surface area contributed by atoms with Crippen molar-refractivity contribution in [3.8, 4) is 11.5 Å². The van der Waals surface area contributed by atoms with Gasteiger partial charge in [0.2, 0.25) is 0 Å². The minimum absolute atomic E-state index is 0.0118. The van der Waals surface area contributed by atoms with Crippen molar-refractivity contribution in [1.82, 2.24) is 4.90 Å². The monoisotopic (exact) mass is 457 g/mol. The van der Waals surface area contributed by atoms with Crippen LogP contribution in [0.4, 0.5) is 4.39 Å². The Bertz CT molecular complexity index is 1190. The third-order valence-electron chi connectivity index (χ3n) is 4.79. The van der Waals surface area contributed by atoms with Crippen molar-refractivity contribution in [1.29, 1.82) is 0 Å². The highest BCUT2D eigenvalue weighted by Crippen LogP contribution is 2.23. The van der Waals surface area contributed by atoms with Gasteiger partial charge in [-0.25, -0.2) is 4.39 Å². The summed E-state index contributed by atoms with van der Waals surface area (Å²) >= 11 is 0. The number of hydrogen-bond donors (Lipinski definition) is 0. The van der Waals surface area contributed by atoms with Crippen LogP contribution in [0.2, 0.25) is 0 Å². The van der Waals surface area contributed by atoms with Crippen LogP contribution in [0.1, 0.15) is 29.8 Å². The van der Waals surface area contributed by atoms with Crippen LogP contribution in [-0.2, 0) is 16.7 Å². The van der Waals surface area contributed by atoms with E-state index < -0.39 is 21.8 Å². The Balaban J connectivity index is 1.81. The standard InChI is InChI=1S/C24H24FNO5S/c1-17(2)26(24(27)22-9-4-5-10-23(22)25)16-18-7-6-8-20(15-18)31-32(28,29)21-13-11-19(30-3)12-14-21/h4-15,17H,16H2,1-3H3. The molecular formula is C24H24FNO5S. The van der Waals surface area contributed by atoms with E-state index in [0.29, 0.717) is 11.3 Å². The van der Waals surface area contributed by atoms with E-state index in [1.165, 1.54) is 60.5 Å². The first-order valence-electron chi connectivity index (χ1n) is 9.94. The summed E-state index contributed by atoms with van der Waals surface area (Å²) in [7, 11) is -2.56. The summed E-state index contributed by atoms with van der Waals surface area (Å²) in [4.78, 5) is 14.4. The summed E-state index contributed by atoms with van der Waals surface area (Å²) in [5, 5.41) is 0. The number of halogens is 1. The molecule has 8 heteroatoms. The molecule has 0 unspecified atom stereocenters. The highest BCUT2D eigenvalue weighted by molar-refractivity contribution is 7.87. The molecule has 0 atom stereocenters. The summed E-state index contributed by atoms with van der Waals surface area (Å²) in [5.41, 5.74) is 0.626. The number of rotatable bonds is 8. The van der Waals surface area contributed by atoms with Crippen molar-refractivity contribution in [2.24, 2.45) is 0 Å². The van der Waals surface area contributed by atoms with Gasteiger partial charge in [0.25, 0.3) is 5.91 Å². The lowest BCUT2D eigenvalue weighted by Crippen LogP contribution is -2.36. The van der Waals surface area contributed by atoms with Gasteiger partial charge < -0.3 is 13.8 Å². The fourth-order valence-corrected chi connectivity index (χ4v) is 4.01. The zero-order chi connectivity index (χ0) is 23.3. The van der Waals surface area contributed by atoms with Gasteiger partial charge in [-0.2, -0.15) is 8.42 Å². The molecule has 0 saturated heterocycles. The average molecular weight is 458 g/mol. The SMILES string of the molecule is COc1ccc(S(=O)(=O)Oc2cccc(CN(C(=O)c3ccccc3F)C(C)C)c2)cc1. The lowest BCUT2D eigenvalue weighted by Gasteiger charge is -2.27. The average Bonchev–Trinajstić information content (AvgIpc) is 2.77. The highest BCUT2D eigenvalue weighted by atomic mass is 32.2. The number of nitrogens with zero attached hydrogens (tertiary/aromatic N) is 1. The van der Waals surface area contributed by atoms with Crippen LogP contribution in [0.3, 0.4) is 0 Å². The minimum Gasteiger partial charge on any atom is -0.497 e. The number of carbonyl (C=O) groups is 1. The first kappa shape index (κ1) is 23.3. The number of methoxy groups -OCH3 is 1. The van der Waals surface area contributed by atoms with Gasteiger partial charge in [0.05, 0.1) is 12.7 Å². The molecular weight excluding hydrogens is 433 g/mol. The van der Waals surface area contributed by atoms with Crippen molar-refractivity contribution in [2.45, 2.75) is 31.3 Å². The van der Waals surface area contributed by atoms with Crippen LogP contribution in [0, 0.1) is 5.82 Å². The molecule has 32 heavy (non-hydrogen) atoms. The molecule has 0 bridgehead atoms. The largest absolute Gasteiger partial charge is 0.497 e. The third-order valence-corrected chi connectivity index (χ3v) is 6.06. The van der Waals surface area contributed by atoms with Crippen LogP contribution in [0.25, 0.3) is 0 Å². The topological polar surface area (TPSA) is 72.9 Å². The molecule has 3 aromatic rings. The summed E-state index contributed by atoms with van der Waals surface area (Å²) < 4.78 is 49.6. The zero-order valence-corrected chi connectivity index (χ0v) is 18.8. The maximum absolute atomic E-state index is 14.1. The molecule has 0 aliphatic carbocycles. The van der Waals surface area contributed by atoms with Crippen molar-refractivity contribution in [3.63, 3.8) is 0 Å². The fraction of sp³-hybridized carbons (Fsp3) is 0.208. The van der Waals surface area contributed by atoms with E-state index in [1.54, 1.807) is 24.3 Å². The van der Waals surface area contributed by atoms with Crippen molar-refractivity contribution in [2.75, 3.05) is 7.11 Å². The van der Waals surface area contributed by atoms with Gasteiger partial charge >= 0.3 is 10.1 Å². The predicted molar refractivity (Wildman–Crippen MR) is 119 cm³/mol. The molecule has 0 N–H and O–H groups in total. The molecule has 0 aliphatic rings. The second-order valence-corrected chi connectivity index (χ2v) is 8.91. The van der Waals surface area contributed by atoms with Gasteiger partial charge in [0, 0.05) is 12.6 Å². The molecule has 0 aliphatic heterocycles. The smallest absolute Gasteiger partial charge is 0.339 e. The molecule has 6 nitrogen and oxygen atoms in total. The molecule has 3 aromatic carbocycles. The van der Waals surface area contributed by atoms with Crippen LogP contribution in [0.5, 0.6) is 11.5 Å². The lowest BCUT2D eigenvalue weighted by atomic mass is 10.1. The van der Waals surface area contributed by atoms with Crippen LogP contribution < -0.4 is 8.92 Å². The Hall–Kier alpha value is -3.39. The summed E-state index contributed by atoms with van der Waals surface area (Å²) in [6, 6.07) is 17.9. The van der Waals surface area contributed by atoms with E-state index in [1.807, 2.05) is 13.8 Å². The van der Waals surface area contributed by atoms with E-state index in [9.17, 15) is 17.6 Å². The van der Waals surface area contributed by atoms with Gasteiger partial charge in [0.15, 0.2) is 0 Å². The fourth-order valence-electron chi connectivity index (χ4n) is 3.09. The number of hydrogen-bond acceptors (Lipinski definition) is 5. The van der Waals surface area contributed by atoms with Crippen LogP contribution in [-0.4, -0.2) is 32.4 Å². The van der Waals surface area contributed by atoms with Crippen molar-refractivity contribution < 1.29 is 26.5 Å². The Morgan fingerprint density at radius 3 is 2.28 bits per heavy atom. The van der Waals surface area contributed by atoms with Crippen LogP contribution in [0.15, 0.2) is 77.7 Å². The van der Waals surface area contributed by atoms with Gasteiger partial charge in [-0.1, -0.05) is 24.3 Å². The second kappa shape index (κ2) is 9.82. The van der Waals surface area contributed by atoms with Gasteiger partial charge in [-0.15, -0.1) is 0 Å². The number of carbonyl (C=O) groups excluding carboxylic acids is 1. The van der Waals surface area contributed by atoms with E-state index in [4.69, 9.17) is 8.92 Å². The number of benzene rings is 3. The number of amides is 1.